The SMILES string of the molecule is Cl.Cl.NC[C@@H](N)C(=O)N[C@@H](CCCC(F)(F)F)C(=O)O. The molecule has 0 saturated heterocycles. The summed E-state index contributed by atoms with van der Waals surface area (Å²) in [6.07, 6.45) is -6.16. The molecule has 0 radical (unpaired) electrons. The van der Waals surface area contributed by atoms with E-state index in [2.05, 4.69) is 0 Å². The molecule has 0 aromatic carbocycles. The minimum atomic E-state index is -4.35. The van der Waals surface area contributed by atoms with E-state index < -0.39 is 43.0 Å². The predicted octanol–water partition coefficient (Wildman–Crippen LogP) is 0.418. The second kappa shape index (κ2) is 11.0. The number of hydrogen-bond acceptors (Lipinski definition) is 4. The number of carboxylic acid groups (broad SMARTS) is 1. The molecule has 0 aromatic rings. The second-order valence-electron chi connectivity index (χ2n) is 3.75. The Morgan fingerprint density at radius 2 is 1.75 bits per heavy atom. The third-order valence-electron chi connectivity index (χ3n) is 2.16. The van der Waals surface area contributed by atoms with Crippen molar-refractivity contribution < 1.29 is 27.9 Å². The topological polar surface area (TPSA) is 118 Å². The van der Waals surface area contributed by atoms with Gasteiger partial charge in [-0.2, -0.15) is 13.2 Å². The number of rotatable bonds is 7. The van der Waals surface area contributed by atoms with Gasteiger partial charge in [-0.1, -0.05) is 0 Å². The maximum Gasteiger partial charge on any atom is 0.389 e. The molecule has 0 aliphatic carbocycles. The zero-order chi connectivity index (χ0) is 14.3. The molecular weight excluding hydrogens is 326 g/mol. The van der Waals surface area contributed by atoms with Crippen molar-refractivity contribution in [3.05, 3.63) is 0 Å². The summed E-state index contributed by atoms with van der Waals surface area (Å²) in [5, 5.41) is 10.8. The van der Waals surface area contributed by atoms with E-state index in [4.69, 9.17) is 16.6 Å². The molecule has 122 valence electrons. The molecule has 0 aliphatic rings. The van der Waals surface area contributed by atoms with Gasteiger partial charge in [-0.05, 0) is 12.8 Å². The van der Waals surface area contributed by atoms with Gasteiger partial charge >= 0.3 is 12.1 Å². The van der Waals surface area contributed by atoms with Crippen molar-refractivity contribution in [2.45, 2.75) is 37.5 Å². The molecule has 0 unspecified atom stereocenters. The highest BCUT2D eigenvalue weighted by Crippen LogP contribution is 2.22. The number of carboxylic acids is 1. The first-order valence-corrected chi connectivity index (χ1v) is 5.23. The number of alkyl halides is 3. The number of carbonyl (C=O) groups is 2. The van der Waals surface area contributed by atoms with E-state index in [-0.39, 0.29) is 37.8 Å². The monoisotopic (exact) mass is 343 g/mol. The summed E-state index contributed by atoms with van der Waals surface area (Å²) in [6.45, 7) is -0.180. The van der Waals surface area contributed by atoms with Gasteiger partial charge in [0.1, 0.15) is 6.04 Å². The molecule has 0 rings (SSSR count). The molecule has 11 heteroatoms. The fourth-order valence-electron chi connectivity index (χ4n) is 1.15. The first-order valence-electron chi connectivity index (χ1n) is 5.23. The Hall–Kier alpha value is -0.770. The molecule has 0 spiro atoms. The van der Waals surface area contributed by atoms with E-state index in [9.17, 15) is 22.8 Å². The van der Waals surface area contributed by atoms with Gasteiger partial charge in [-0.25, -0.2) is 4.79 Å². The van der Waals surface area contributed by atoms with Gasteiger partial charge in [0.05, 0.1) is 6.04 Å². The van der Waals surface area contributed by atoms with E-state index in [0.717, 1.165) is 0 Å². The third-order valence-corrected chi connectivity index (χ3v) is 2.16. The molecule has 0 saturated carbocycles. The number of amides is 1. The Kier molecular flexibility index (Phi) is 13.3. The van der Waals surface area contributed by atoms with Crippen molar-refractivity contribution >= 4 is 36.7 Å². The van der Waals surface area contributed by atoms with Crippen molar-refractivity contribution in [2.24, 2.45) is 11.5 Å². The minimum Gasteiger partial charge on any atom is -0.480 e. The van der Waals surface area contributed by atoms with E-state index in [1.807, 2.05) is 5.32 Å². The molecule has 2 atom stereocenters. The number of aliphatic carboxylic acids is 1. The van der Waals surface area contributed by atoms with Crippen LogP contribution < -0.4 is 16.8 Å². The van der Waals surface area contributed by atoms with Gasteiger partial charge in [0, 0.05) is 13.0 Å². The van der Waals surface area contributed by atoms with Gasteiger partial charge in [-0.15, -0.1) is 24.8 Å². The largest absolute Gasteiger partial charge is 0.480 e. The minimum absolute atomic E-state index is 0. The maximum absolute atomic E-state index is 11.9. The Labute approximate surface area is 126 Å². The van der Waals surface area contributed by atoms with E-state index in [0.29, 0.717) is 0 Å². The summed E-state index contributed by atoms with van der Waals surface area (Å²) in [5.74, 6) is -2.20. The van der Waals surface area contributed by atoms with Crippen LogP contribution in [-0.2, 0) is 9.59 Å². The van der Waals surface area contributed by atoms with Gasteiger partial charge in [0.2, 0.25) is 5.91 Å². The number of nitrogens with one attached hydrogen (secondary N) is 1. The number of nitrogens with two attached hydrogens (primary N) is 2. The van der Waals surface area contributed by atoms with Crippen molar-refractivity contribution in [2.75, 3.05) is 6.54 Å². The Morgan fingerprint density at radius 1 is 1.25 bits per heavy atom. The fraction of sp³-hybridized carbons (Fsp3) is 0.778. The van der Waals surface area contributed by atoms with E-state index in [1.165, 1.54) is 0 Å². The fourth-order valence-corrected chi connectivity index (χ4v) is 1.15. The number of hydrogen-bond donors (Lipinski definition) is 4. The number of carbonyl (C=O) groups excluding carboxylic acids is 1. The van der Waals surface area contributed by atoms with Crippen LogP contribution in [0.2, 0.25) is 0 Å². The Balaban J connectivity index is -0.00000144. The molecule has 20 heavy (non-hydrogen) atoms. The highest BCUT2D eigenvalue weighted by atomic mass is 35.5. The first-order chi connectivity index (χ1) is 8.17. The van der Waals surface area contributed by atoms with Crippen molar-refractivity contribution in [1.29, 1.82) is 0 Å². The van der Waals surface area contributed by atoms with Crippen molar-refractivity contribution in [3.8, 4) is 0 Å². The van der Waals surface area contributed by atoms with Gasteiger partial charge in [-0.3, -0.25) is 4.79 Å². The molecule has 1 amide bonds. The summed E-state index contributed by atoms with van der Waals surface area (Å²) in [6, 6.07) is -2.47. The lowest BCUT2D eigenvalue weighted by atomic mass is 10.1. The van der Waals surface area contributed by atoms with E-state index in [1.54, 1.807) is 0 Å². The van der Waals surface area contributed by atoms with Crippen LogP contribution in [0.15, 0.2) is 0 Å². The molecule has 0 heterocycles. The zero-order valence-corrected chi connectivity index (χ0v) is 12.0. The van der Waals surface area contributed by atoms with E-state index >= 15 is 0 Å². The van der Waals surface area contributed by atoms with Crippen LogP contribution in [0.3, 0.4) is 0 Å². The van der Waals surface area contributed by atoms with Crippen LogP contribution >= 0.6 is 24.8 Å². The predicted molar refractivity (Wildman–Crippen MR) is 71.0 cm³/mol. The third kappa shape index (κ3) is 11.1. The standard InChI is InChI=1S/C9H16F3N3O3.2ClH/c10-9(11,12)3-1-2-6(8(17)18)15-7(16)5(14)4-13;;/h5-6H,1-4,13-14H2,(H,15,16)(H,17,18);2*1H/t5-,6+;;/m1../s1. The van der Waals surface area contributed by atoms with Crippen LogP contribution in [-0.4, -0.2) is 41.8 Å². The van der Waals surface area contributed by atoms with Gasteiger partial charge in [0.15, 0.2) is 0 Å². The highest BCUT2D eigenvalue weighted by Gasteiger charge is 2.28. The first kappa shape index (κ1) is 24.3. The lowest BCUT2D eigenvalue weighted by Crippen LogP contribution is -2.51. The second-order valence-corrected chi connectivity index (χ2v) is 3.75. The van der Waals surface area contributed by atoms with Gasteiger partial charge < -0.3 is 21.9 Å². The van der Waals surface area contributed by atoms with Crippen LogP contribution in [0.5, 0.6) is 0 Å². The number of halogens is 5. The van der Waals surface area contributed by atoms with Crippen LogP contribution in [0.25, 0.3) is 0 Å². The van der Waals surface area contributed by atoms with Crippen LogP contribution in [0.1, 0.15) is 19.3 Å². The normalized spacial score (nSPS) is 13.4. The van der Waals surface area contributed by atoms with Crippen LogP contribution in [0, 0.1) is 0 Å². The molecule has 6 nitrogen and oxygen atoms in total. The molecule has 0 bridgehead atoms. The molecule has 0 aromatic heterocycles. The lowest BCUT2D eigenvalue weighted by Gasteiger charge is -2.17. The Bertz CT molecular complexity index is 306. The molecule has 0 fully saturated rings. The van der Waals surface area contributed by atoms with Gasteiger partial charge in [0.25, 0.3) is 0 Å². The van der Waals surface area contributed by atoms with Crippen LogP contribution in [0.4, 0.5) is 13.2 Å². The molecule has 6 N–H and O–H groups in total. The Morgan fingerprint density at radius 3 is 2.10 bits per heavy atom. The average Bonchev–Trinajstić information content (AvgIpc) is 2.24. The summed E-state index contributed by atoms with van der Waals surface area (Å²) >= 11 is 0. The molecular formula is C9H18Cl2F3N3O3. The zero-order valence-electron chi connectivity index (χ0n) is 10.4. The highest BCUT2D eigenvalue weighted by molar-refractivity contribution is 5.86. The quantitative estimate of drug-likeness (QED) is 0.534. The summed E-state index contributed by atoms with van der Waals surface area (Å²) in [7, 11) is 0. The summed E-state index contributed by atoms with van der Waals surface area (Å²) in [5.41, 5.74) is 10.4. The average molecular weight is 344 g/mol. The van der Waals surface area contributed by atoms with Crippen molar-refractivity contribution in [1.82, 2.24) is 5.32 Å². The maximum atomic E-state index is 11.9. The van der Waals surface area contributed by atoms with Crippen molar-refractivity contribution in [3.63, 3.8) is 0 Å². The lowest BCUT2D eigenvalue weighted by molar-refractivity contribution is -0.144. The summed E-state index contributed by atoms with van der Waals surface area (Å²) < 4.78 is 35.6. The smallest absolute Gasteiger partial charge is 0.389 e. The summed E-state index contributed by atoms with van der Waals surface area (Å²) in [4.78, 5) is 22.0. The molecule has 0 aliphatic heterocycles.